The summed E-state index contributed by atoms with van der Waals surface area (Å²) in [5.74, 6) is 1.59. The van der Waals surface area contributed by atoms with E-state index in [4.69, 9.17) is 4.99 Å². The van der Waals surface area contributed by atoms with Crippen LogP contribution < -0.4 is 5.32 Å². The first kappa shape index (κ1) is 14.2. The van der Waals surface area contributed by atoms with E-state index in [1.165, 1.54) is 25.7 Å². The Balaban J connectivity index is 0.00000121. The Morgan fingerprint density at radius 2 is 2.10 bits per heavy atom. The van der Waals surface area contributed by atoms with E-state index >= 15 is 0 Å². The molecule has 1 N–H and O–H groups in total. The van der Waals surface area contributed by atoms with Gasteiger partial charge in [0.25, 0.3) is 0 Å². The molecule has 1 saturated heterocycles. The number of amides is 1. The molecule has 2 fully saturated rings. The average molecular weight is 299 g/mol. The van der Waals surface area contributed by atoms with E-state index in [0.29, 0.717) is 17.8 Å². The average Bonchev–Trinajstić information content (AvgIpc) is 2.88. The molecule has 0 aromatic carbocycles. The summed E-state index contributed by atoms with van der Waals surface area (Å²) < 4.78 is 0. The number of piperidine rings is 1. The Morgan fingerprint density at radius 1 is 1.35 bits per heavy atom. The lowest BCUT2D eigenvalue weighted by Gasteiger charge is -2.30. The molecular weight excluding hydrogens is 270 g/mol. The summed E-state index contributed by atoms with van der Waals surface area (Å²) >= 11 is 1.60. The highest BCUT2D eigenvalue weighted by Gasteiger charge is 2.31. The van der Waals surface area contributed by atoms with E-state index in [-0.39, 0.29) is 8.76 Å². The highest BCUT2D eigenvalue weighted by atomic mass is 32.2. The van der Waals surface area contributed by atoms with Gasteiger partial charge in [0.2, 0.25) is 5.91 Å². The van der Waals surface area contributed by atoms with Crippen LogP contribution in [0, 0.1) is 5.92 Å². The molecule has 20 heavy (non-hydrogen) atoms. The highest BCUT2D eigenvalue weighted by molar-refractivity contribution is 8.14. The fraction of sp³-hybridized carbons (Fsp3) is 0.867. The topological polar surface area (TPSA) is 44.7 Å². The number of carbonyl (C=O) groups is 1. The van der Waals surface area contributed by atoms with Crippen LogP contribution in [0.1, 0.15) is 48.3 Å². The van der Waals surface area contributed by atoms with Gasteiger partial charge >= 0.3 is 0 Å². The van der Waals surface area contributed by atoms with Crippen LogP contribution in [0.15, 0.2) is 4.99 Å². The molecular formula is C15H29N3OS. The zero-order valence-corrected chi connectivity index (χ0v) is 13.1. The molecule has 0 bridgehead atoms. The van der Waals surface area contributed by atoms with E-state index in [0.717, 1.165) is 37.0 Å². The molecule has 2 heterocycles. The largest absolute Gasteiger partial charge is 0.360 e. The maximum atomic E-state index is 12.2. The molecule has 2 aliphatic heterocycles. The number of carbonyl (C=O) groups excluding carboxylic acids is 1. The Labute approximate surface area is 128 Å². The quantitative estimate of drug-likeness (QED) is 0.853. The second kappa shape index (κ2) is 6.37. The molecule has 2 atom stereocenters. The molecule has 5 heteroatoms. The standard InChI is InChI=1S/C15H25N3OS.2H2/c1-11-6-8-18(9-7-11)14(19)10-20-15-16-12-4-2-3-5-13(12)17-15;;/h11-13H,2-10H2,1H3,(H,16,17);2*1H/t12-,13?;;/m0../s1. The maximum absolute atomic E-state index is 12.2. The minimum absolute atomic E-state index is 0. The van der Waals surface area contributed by atoms with Crippen molar-refractivity contribution in [1.82, 2.24) is 10.2 Å². The minimum atomic E-state index is 0. The van der Waals surface area contributed by atoms with Gasteiger partial charge in [-0.3, -0.25) is 9.79 Å². The summed E-state index contributed by atoms with van der Waals surface area (Å²) in [6.45, 7) is 4.15. The molecule has 3 aliphatic rings. The lowest BCUT2D eigenvalue weighted by atomic mass is 9.92. The molecule has 1 amide bonds. The summed E-state index contributed by atoms with van der Waals surface area (Å²) in [6, 6.07) is 1.01. The Bertz CT molecular complexity index is 400. The number of hydrogen-bond acceptors (Lipinski definition) is 4. The van der Waals surface area contributed by atoms with Gasteiger partial charge in [-0.1, -0.05) is 31.5 Å². The number of thioether (sulfide) groups is 1. The lowest BCUT2D eigenvalue weighted by Crippen LogP contribution is -2.39. The molecule has 0 radical (unpaired) electrons. The van der Waals surface area contributed by atoms with Gasteiger partial charge in [0.15, 0.2) is 5.17 Å². The van der Waals surface area contributed by atoms with Crippen LogP contribution in [0.25, 0.3) is 0 Å². The summed E-state index contributed by atoms with van der Waals surface area (Å²) in [4.78, 5) is 19.0. The molecule has 116 valence electrons. The van der Waals surface area contributed by atoms with E-state index in [1.54, 1.807) is 11.8 Å². The lowest BCUT2D eigenvalue weighted by molar-refractivity contribution is -0.129. The van der Waals surface area contributed by atoms with E-state index in [9.17, 15) is 4.79 Å². The van der Waals surface area contributed by atoms with Crippen molar-refractivity contribution >= 4 is 22.8 Å². The highest BCUT2D eigenvalue weighted by Crippen LogP contribution is 2.27. The van der Waals surface area contributed by atoms with E-state index in [1.807, 2.05) is 4.90 Å². The molecule has 4 nitrogen and oxygen atoms in total. The minimum Gasteiger partial charge on any atom is -0.360 e. The first-order chi connectivity index (χ1) is 9.72. The fourth-order valence-corrected chi connectivity index (χ4v) is 4.23. The molecule has 3 rings (SSSR count). The molecule has 0 spiro atoms. The summed E-state index contributed by atoms with van der Waals surface area (Å²) in [7, 11) is 0. The van der Waals surface area contributed by atoms with Crippen molar-refractivity contribution in [2.75, 3.05) is 18.8 Å². The second-order valence-corrected chi connectivity index (χ2v) is 7.35. The SMILES string of the molecule is CC1CCN(C(=O)CSC2=N[C@H]3CCCCC3N2)CC1.[HH].[HH]. The van der Waals surface area contributed by atoms with Gasteiger partial charge in [-0.25, -0.2) is 0 Å². The fourth-order valence-electron chi connectivity index (χ4n) is 3.34. The van der Waals surface area contributed by atoms with Gasteiger partial charge < -0.3 is 10.2 Å². The Morgan fingerprint density at radius 3 is 2.85 bits per heavy atom. The Hall–Kier alpha value is -0.710. The number of nitrogens with zero attached hydrogens (tertiary/aromatic N) is 2. The predicted octanol–water partition coefficient (Wildman–Crippen LogP) is 2.74. The van der Waals surface area contributed by atoms with Crippen molar-refractivity contribution in [3.05, 3.63) is 0 Å². The first-order valence-electron chi connectivity index (χ1n) is 7.97. The van der Waals surface area contributed by atoms with Gasteiger partial charge in [0.05, 0.1) is 17.8 Å². The number of amidine groups is 1. The number of nitrogens with one attached hydrogen (secondary N) is 1. The van der Waals surface area contributed by atoms with Crippen molar-refractivity contribution in [1.29, 1.82) is 0 Å². The van der Waals surface area contributed by atoms with Gasteiger partial charge in [0.1, 0.15) is 0 Å². The van der Waals surface area contributed by atoms with Crippen LogP contribution in [-0.2, 0) is 4.79 Å². The smallest absolute Gasteiger partial charge is 0.233 e. The number of fused-ring (bicyclic) bond motifs is 1. The van der Waals surface area contributed by atoms with Gasteiger partial charge in [-0.05, 0) is 31.6 Å². The van der Waals surface area contributed by atoms with Crippen LogP contribution >= 0.6 is 11.8 Å². The predicted molar refractivity (Wildman–Crippen MR) is 88.3 cm³/mol. The van der Waals surface area contributed by atoms with Gasteiger partial charge in [-0.2, -0.15) is 0 Å². The van der Waals surface area contributed by atoms with Crippen LogP contribution in [0.5, 0.6) is 0 Å². The monoisotopic (exact) mass is 299 g/mol. The first-order valence-corrected chi connectivity index (χ1v) is 8.96. The van der Waals surface area contributed by atoms with Gasteiger partial charge in [0, 0.05) is 15.9 Å². The third kappa shape index (κ3) is 3.30. The van der Waals surface area contributed by atoms with Crippen LogP contribution in [-0.4, -0.2) is 46.9 Å². The van der Waals surface area contributed by atoms with E-state index < -0.39 is 0 Å². The third-order valence-electron chi connectivity index (χ3n) is 4.79. The number of aliphatic imine (C=N–C) groups is 1. The number of rotatable bonds is 2. The van der Waals surface area contributed by atoms with Crippen molar-refractivity contribution in [2.45, 2.75) is 57.5 Å². The summed E-state index contributed by atoms with van der Waals surface area (Å²) in [6.07, 6.45) is 7.36. The maximum Gasteiger partial charge on any atom is 0.233 e. The van der Waals surface area contributed by atoms with Crippen molar-refractivity contribution in [3.8, 4) is 0 Å². The van der Waals surface area contributed by atoms with Crippen LogP contribution in [0.2, 0.25) is 0 Å². The van der Waals surface area contributed by atoms with Crippen LogP contribution in [0.3, 0.4) is 0 Å². The van der Waals surface area contributed by atoms with Gasteiger partial charge in [-0.15, -0.1) is 0 Å². The molecule has 1 aliphatic carbocycles. The zero-order valence-electron chi connectivity index (χ0n) is 12.3. The normalized spacial score (nSPS) is 30.6. The summed E-state index contributed by atoms with van der Waals surface area (Å²) in [5.41, 5.74) is 0. The Kier molecular flexibility index (Phi) is 4.54. The number of likely N-dealkylation sites (tertiary alicyclic amines) is 1. The molecule has 0 aromatic rings. The molecule has 1 saturated carbocycles. The molecule has 0 aromatic heterocycles. The van der Waals surface area contributed by atoms with Crippen molar-refractivity contribution in [2.24, 2.45) is 10.9 Å². The van der Waals surface area contributed by atoms with Crippen LogP contribution in [0.4, 0.5) is 0 Å². The third-order valence-corrected chi connectivity index (χ3v) is 5.68. The van der Waals surface area contributed by atoms with E-state index in [2.05, 4.69) is 12.2 Å². The summed E-state index contributed by atoms with van der Waals surface area (Å²) in [5, 5.41) is 4.50. The number of hydrogen-bond donors (Lipinski definition) is 1. The molecule has 1 unspecified atom stereocenters. The zero-order chi connectivity index (χ0) is 13.9. The second-order valence-electron chi connectivity index (χ2n) is 6.39. The van der Waals surface area contributed by atoms with Crippen molar-refractivity contribution in [3.63, 3.8) is 0 Å². The van der Waals surface area contributed by atoms with Crippen molar-refractivity contribution < 1.29 is 7.65 Å².